The van der Waals surface area contributed by atoms with Gasteiger partial charge in [-0.05, 0) is 30.9 Å². The number of carbonyl (C=O) groups is 1. The number of fused-ring (bicyclic) bond motifs is 1. The smallest absolute Gasteiger partial charge is 0.252 e. The highest BCUT2D eigenvalue weighted by atomic mass is 32.2. The standard InChI is InChI=1S/C20H22N4O2S/c1-12(2)9-18-23-17(24-26-18)11-27-19-10-15(20(25)21-13-7-8-13)14-5-3-4-6-16(14)22-19/h3-6,10,12-13H,7-9,11H2,1-2H3,(H,21,25). The number of hydrogen-bond acceptors (Lipinski definition) is 6. The Bertz CT molecular complexity index is 966. The van der Waals surface area contributed by atoms with E-state index in [1.807, 2.05) is 30.3 Å². The van der Waals surface area contributed by atoms with Gasteiger partial charge in [-0.3, -0.25) is 4.79 Å². The van der Waals surface area contributed by atoms with Gasteiger partial charge in [0.25, 0.3) is 5.91 Å². The summed E-state index contributed by atoms with van der Waals surface area (Å²) in [5.41, 5.74) is 1.49. The summed E-state index contributed by atoms with van der Waals surface area (Å²) in [5, 5.41) is 8.76. The third-order valence-corrected chi connectivity index (χ3v) is 5.20. The van der Waals surface area contributed by atoms with Crippen LogP contribution in [0.1, 0.15) is 48.8 Å². The van der Waals surface area contributed by atoms with Crippen LogP contribution >= 0.6 is 11.8 Å². The van der Waals surface area contributed by atoms with Crippen LogP contribution in [-0.4, -0.2) is 27.1 Å². The fraction of sp³-hybridized carbons (Fsp3) is 0.400. The molecule has 4 rings (SSSR count). The lowest BCUT2D eigenvalue weighted by molar-refractivity contribution is 0.0952. The first-order valence-electron chi connectivity index (χ1n) is 9.23. The Morgan fingerprint density at radius 1 is 1.30 bits per heavy atom. The van der Waals surface area contributed by atoms with Gasteiger partial charge in [-0.2, -0.15) is 4.98 Å². The Kier molecular flexibility index (Phi) is 5.11. The summed E-state index contributed by atoms with van der Waals surface area (Å²) in [6.07, 6.45) is 2.90. The van der Waals surface area contributed by atoms with Gasteiger partial charge in [-0.25, -0.2) is 4.98 Å². The molecule has 1 fully saturated rings. The van der Waals surface area contributed by atoms with Crippen molar-refractivity contribution in [1.82, 2.24) is 20.4 Å². The summed E-state index contributed by atoms with van der Waals surface area (Å²) in [5.74, 6) is 2.31. The lowest BCUT2D eigenvalue weighted by atomic mass is 10.1. The maximum Gasteiger partial charge on any atom is 0.252 e. The Morgan fingerprint density at radius 3 is 2.89 bits per heavy atom. The van der Waals surface area contributed by atoms with Gasteiger partial charge in [-0.15, -0.1) is 0 Å². The van der Waals surface area contributed by atoms with E-state index in [9.17, 15) is 4.79 Å². The molecule has 7 heteroatoms. The van der Waals surface area contributed by atoms with E-state index in [2.05, 4.69) is 34.3 Å². The fourth-order valence-corrected chi connectivity index (χ4v) is 3.58. The second kappa shape index (κ2) is 7.68. The van der Waals surface area contributed by atoms with Gasteiger partial charge in [0.2, 0.25) is 5.89 Å². The van der Waals surface area contributed by atoms with Crippen molar-refractivity contribution in [3.63, 3.8) is 0 Å². The summed E-state index contributed by atoms with van der Waals surface area (Å²) in [6, 6.07) is 9.92. The fourth-order valence-electron chi connectivity index (χ4n) is 2.82. The molecule has 0 spiro atoms. The van der Waals surface area contributed by atoms with Crippen molar-refractivity contribution >= 4 is 28.6 Å². The van der Waals surface area contributed by atoms with Crippen molar-refractivity contribution in [3.05, 3.63) is 47.6 Å². The van der Waals surface area contributed by atoms with Crippen LogP contribution in [0.4, 0.5) is 0 Å². The zero-order chi connectivity index (χ0) is 18.8. The van der Waals surface area contributed by atoms with Gasteiger partial charge in [0, 0.05) is 17.8 Å². The minimum Gasteiger partial charge on any atom is -0.349 e. The van der Waals surface area contributed by atoms with E-state index in [-0.39, 0.29) is 5.91 Å². The third-order valence-electron chi connectivity index (χ3n) is 4.29. The average Bonchev–Trinajstić information content (AvgIpc) is 3.35. The Hall–Kier alpha value is -2.41. The molecule has 1 amide bonds. The van der Waals surface area contributed by atoms with E-state index in [0.717, 1.165) is 35.2 Å². The van der Waals surface area contributed by atoms with Crippen molar-refractivity contribution < 1.29 is 9.32 Å². The van der Waals surface area contributed by atoms with E-state index >= 15 is 0 Å². The molecule has 0 unspecified atom stereocenters. The molecule has 1 aliphatic rings. The lowest BCUT2D eigenvalue weighted by Gasteiger charge is -2.09. The molecule has 140 valence electrons. The van der Waals surface area contributed by atoms with Crippen LogP contribution in [0.15, 0.2) is 39.9 Å². The summed E-state index contributed by atoms with van der Waals surface area (Å²) in [7, 11) is 0. The van der Waals surface area contributed by atoms with Gasteiger partial charge >= 0.3 is 0 Å². The van der Waals surface area contributed by atoms with Crippen LogP contribution < -0.4 is 5.32 Å². The van der Waals surface area contributed by atoms with Gasteiger partial charge < -0.3 is 9.84 Å². The van der Waals surface area contributed by atoms with Crippen LogP contribution in [0.3, 0.4) is 0 Å². The van der Waals surface area contributed by atoms with Crippen molar-refractivity contribution in [3.8, 4) is 0 Å². The molecular formula is C20H22N4O2S. The molecule has 1 aliphatic carbocycles. The van der Waals surface area contributed by atoms with E-state index in [4.69, 9.17) is 4.52 Å². The second-order valence-electron chi connectivity index (χ2n) is 7.26. The number of thioether (sulfide) groups is 1. The van der Waals surface area contributed by atoms with Crippen molar-refractivity contribution in [2.24, 2.45) is 5.92 Å². The second-order valence-corrected chi connectivity index (χ2v) is 8.26. The molecule has 0 radical (unpaired) electrons. The molecule has 3 aromatic rings. The number of nitrogens with zero attached hydrogens (tertiary/aromatic N) is 3. The molecule has 0 bridgehead atoms. The molecular weight excluding hydrogens is 360 g/mol. The molecule has 0 saturated heterocycles. The van der Waals surface area contributed by atoms with Crippen LogP contribution in [-0.2, 0) is 12.2 Å². The van der Waals surface area contributed by atoms with E-state index in [0.29, 0.717) is 35.0 Å². The molecule has 2 heterocycles. The van der Waals surface area contributed by atoms with Gasteiger partial charge in [0.1, 0.15) is 0 Å². The summed E-state index contributed by atoms with van der Waals surface area (Å²) < 4.78 is 5.29. The first-order chi connectivity index (χ1) is 13.1. The highest BCUT2D eigenvalue weighted by Crippen LogP contribution is 2.27. The molecule has 1 saturated carbocycles. The van der Waals surface area contributed by atoms with Crippen molar-refractivity contribution in [2.75, 3.05) is 0 Å². The molecule has 0 aliphatic heterocycles. The number of aromatic nitrogens is 3. The number of nitrogens with one attached hydrogen (secondary N) is 1. The van der Waals surface area contributed by atoms with Crippen molar-refractivity contribution in [1.29, 1.82) is 0 Å². The van der Waals surface area contributed by atoms with Gasteiger partial charge in [0.15, 0.2) is 5.82 Å². The monoisotopic (exact) mass is 382 g/mol. The third kappa shape index (κ3) is 4.47. The van der Waals surface area contributed by atoms with Crippen LogP contribution in [0.2, 0.25) is 0 Å². The zero-order valence-corrected chi connectivity index (χ0v) is 16.3. The van der Waals surface area contributed by atoms with Crippen LogP contribution in [0, 0.1) is 5.92 Å². The number of benzene rings is 1. The first kappa shape index (κ1) is 18.0. The Labute approximate surface area is 162 Å². The maximum absolute atomic E-state index is 12.7. The maximum atomic E-state index is 12.7. The molecule has 2 aromatic heterocycles. The molecule has 1 aromatic carbocycles. The van der Waals surface area contributed by atoms with Gasteiger partial charge in [-0.1, -0.05) is 49.0 Å². The minimum atomic E-state index is -0.0308. The topological polar surface area (TPSA) is 80.9 Å². The van der Waals surface area contributed by atoms with E-state index in [1.165, 1.54) is 11.8 Å². The van der Waals surface area contributed by atoms with Crippen LogP contribution in [0.25, 0.3) is 10.9 Å². The largest absolute Gasteiger partial charge is 0.349 e. The number of pyridine rings is 1. The molecule has 27 heavy (non-hydrogen) atoms. The lowest BCUT2D eigenvalue weighted by Crippen LogP contribution is -2.25. The van der Waals surface area contributed by atoms with Crippen LogP contribution in [0.5, 0.6) is 0 Å². The highest BCUT2D eigenvalue weighted by molar-refractivity contribution is 7.98. The number of hydrogen-bond donors (Lipinski definition) is 1. The van der Waals surface area contributed by atoms with Crippen molar-refractivity contribution in [2.45, 2.75) is 49.9 Å². The summed E-state index contributed by atoms with van der Waals surface area (Å²) >= 11 is 1.51. The number of para-hydroxylation sites is 1. The van der Waals surface area contributed by atoms with E-state index in [1.54, 1.807) is 0 Å². The number of amides is 1. The Morgan fingerprint density at radius 2 is 2.11 bits per heavy atom. The first-order valence-corrected chi connectivity index (χ1v) is 10.2. The predicted octanol–water partition coefficient (Wildman–Crippen LogP) is 4.00. The summed E-state index contributed by atoms with van der Waals surface area (Å²) in [4.78, 5) is 21.8. The van der Waals surface area contributed by atoms with E-state index < -0.39 is 0 Å². The molecule has 6 nitrogen and oxygen atoms in total. The highest BCUT2D eigenvalue weighted by Gasteiger charge is 2.25. The minimum absolute atomic E-state index is 0.0308. The average molecular weight is 382 g/mol. The normalized spacial score (nSPS) is 14.0. The SMILES string of the molecule is CC(C)Cc1nc(CSc2cc(C(=O)NC3CC3)c3ccccc3n2)no1. The molecule has 1 N–H and O–H groups in total. The summed E-state index contributed by atoms with van der Waals surface area (Å²) in [6.45, 7) is 4.23. The molecule has 0 atom stereocenters. The number of carbonyl (C=O) groups excluding carboxylic acids is 1. The number of rotatable bonds is 7. The Balaban J connectivity index is 1.54. The quantitative estimate of drug-likeness (QED) is 0.622. The zero-order valence-electron chi connectivity index (χ0n) is 15.4. The van der Waals surface area contributed by atoms with Gasteiger partial charge in [0.05, 0.1) is 21.9 Å². The predicted molar refractivity (Wildman–Crippen MR) is 105 cm³/mol.